The summed E-state index contributed by atoms with van der Waals surface area (Å²) in [7, 11) is 1.79. The van der Waals surface area contributed by atoms with Gasteiger partial charge in [0.15, 0.2) is 0 Å². The molecule has 0 aromatic carbocycles. The lowest BCUT2D eigenvalue weighted by atomic mass is 9.73. The Labute approximate surface area is 216 Å². The van der Waals surface area contributed by atoms with Gasteiger partial charge in [-0.3, -0.25) is 19.2 Å². The molecule has 4 rings (SSSR count). The molecule has 4 atom stereocenters. The van der Waals surface area contributed by atoms with E-state index in [2.05, 4.69) is 29.8 Å². The van der Waals surface area contributed by atoms with E-state index in [9.17, 15) is 19.2 Å². The van der Waals surface area contributed by atoms with Gasteiger partial charge in [-0.2, -0.15) is 0 Å². The SMILES string of the molecule is CCCC(NC(=O)[C@@H]1C[C@@]2(CN1C(=O)[C@H](NC)C(C)(C)C)C(C)(C)C21CCC1)C(=O)C(=O)NC1CC1. The van der Waals surface area contributed by atoms with Crippen LogP contribution in [0.15, 0.2) is 0 Å². The van der Waals surface area contributed by atoms with Gasteiger partial charge in [-0.15, -0.1) is 0 Å². The molecule has 8 nitrogen and oxygen atoms in total. The molecule has 0 aromatic rings. The van der Waals surface area contributed by atoms with Gasteiger partial charge in [0.25, 0.3) is 5.91 Å². The number of nitrogens with zero attached hydrogens (tertiary/aromatic N) is 1. The zero-order valence-electron chi connectivity index (χ0n) is 23.3. The molecule has 1 unspecified atom stereocenters. The lowest BCUT2D eigenvalue weighted by Gasteiger charge is -2.35. The van der Waals surface area contributed by atoms with Crippen LogP contribution in [0, 0.1) is 21.7 Å². The predicted molar refractivity (Wildman–Crippen MR) is 138 cm³/mol. The third-order valence-corrected chi connectivity index (χ3v) is 10.1. The fourth-order valence-corrected chi connectivity index (χ4v) is 7.62. The van der Waals surface area contributed by atoms with Crippen LogP contribution in [-0.2, 0) is 19.2 Å². The van der Waals surface area contributed by atoms with Gasteiger partial charge in [0, 0.05) is 18.0 Å². The van der Waals surface area contributed by atoms with Crippen molar-refractivity contribution >= 4 is 23.5 Å². The molecule has 0 aromatic heterocycles. The van der Waals surface area contributed by atoms with Crippen LogP contribution in [0.3, 0.4) is 0 Å². The van der Waals surface area contributed by atoms with Gasteiger partial charge in [0.05, 0.1) is 12.1 Å². The molecule has 3 aliphatic carbocycles. The minimum absolute atomic E-state index is 0.0610. The zero-order valence-corrected chi connectivity index (χ0v) is 23.3. The lowest BCUT2D eigenvalue weighted by molar-refractivity contribution is -0.144. The number of amides is 3. The van der Waals surface area contributed by atoms with Gasteiger partial charge in [-0.1, -0.05) is 54.4 Å². The Morgan fingerprint density at radius 1 is 1.06 bits per heavy atom. The van der Waals surface area contributed by atoms with Crippen LogP contribution in [0.5, 0.6) is 0 Å². The normalized spacial score (nSPS) is 29.4. The summed E-state index contributed by atoms with van der Waals surface area (Å²) in [5.74, 6) is -1.59. The highest BCUT2D eigenvalue weighted by atomic mass is 16.2. The topological polar surface area (TPSA) is 108 Å². The number of Topliss-reactive ketones (excluding diaryl/α,β-unsaturated/α-hetero) is 1. The van der Waals surface area contributed by atoms with Crippen LogP contribution in [0.1, 0.15) is 92.9 Å². The van der Waals surface area contributed by atoms with Crippen LogP contribution in [0.4, 0.5) is 0 Å². The van der Waals surface area contributed by atoms with E-state index in [1.807, 2.05) is 27.7 Å². The van der Waals surface area contributed by atoms with E-state index in [-0.39, 0.29) is 39.5 Å². The second-order valence-corrected chi connectivity index (χ2v) is 13.4. The Morgan fingerprint density at radius 3 is 2.14 bits per heavy atom. The van der Waals surface area contributed by atoms with E-state index in [0.717, 1.165) is 25.7 Å². The van der Waals surface area contributed by atoms with Crippen LogP contribution < -0.4 is 16.0 Å². The maximum atomic E-state index is 13.9. The molecule has 36 heavy (non-hydrogen) atoms. The minimum Gasteiger partial charge on any atom is -0.347 e. The molecule has 3 N–H and O–H groups in total. The van der Waals surface area contributed by atoms with Crippen molar-refractivity contribution in [2.75, 3.05) is 13.6 Å². The van der Waals surface area contributed by atoms with Gasteiger partial charge in [0.2, 0.25) is 17.6 Å². The summed E-state index contributed by atoms with van der Waals surface area (Å²) in [4.78, 5) is 54.9. The standard InChI is InChI=1S/C28H46N4O4/c1-8-10-18(20(33)23(35)30-17-11-12-17)31-22(34)19-15-28(26(5,6)27(28)13-9-14-27)16-32(19)24(36)21(29-7)25(2,3)4/h17-19,21,29H,8-16H2,1-7H3,(H,30,35)(H,31,34)/t18?,19-,21-,28+/m0/s1. The van der Waals surface area contributed by atoms with Gasteiger partial charge < -0.3 is 20.9 Å². The molecule has 4 aliphatic rings. The molecule has 4 fully saturated rings. The van der Waals surface area contributed by atoms with Crippen molar-refractivity contribution in [1.82, 2.24) is 20.9 Å². The maximum Gasteiger partial charge on any atom is 0.289 e. The average Bonchev–Trinajstić information content (AvgIpc) is 3.57. The highest BCUT2D eigenvalue weighted by Gasteiger charge is 2.85. The molecule has 3 amide bonds. The summed E-state index contributed by atoms with van der Waals surface area (Å²) in [6.45, 7) is 13.2. The second-order valence-electron chi connectivity index (χ2n) is 13.4. The molecular weight excluding hydrogens is 456 g/mol. The predicted octanol–water partition coefficient (Wildman–Crippen LogP) is 2.55. The number of hydrogen-bond acceptors (Lipinski definition) is 5. The van der Waals surface area contributed by atoms with Crippen molar-refractivity contribution in [3.05, 3.63) is 0 Å². The van der Waals surface area contributed by atoms with E-state index in [4.69, 9.17) is 0 Å². The number of rotatable bonds is 9. The van der Waals surface area contributed by atoms with Crippen LogP contribution in [0.2, 0.25) is 0 Å². The molecule has 0 bridgehead atoms. The Hall–Kier alpha value is -1.96. The number of hydrogen-bond donors (Lipinski definition) is 3. The summed E-state index contributed by atoms with van der Waals surface area (Å²) in [6.07, 6.45) is 6.93. The second kappa shape index (κ2) is 9.10. The smallest absolute Gasteiger partial charge is 0.289 e. The first-order valence-corrected chi connectivity index (χ1v) is 13.9. The number of likely N-dealkylation sites (tertiary alicyclic amines) is 1. The van der Waals surface area contributed by atoms with Crippen LogP contribution >= 0.6 is 0 Å². The number of ketones is 1. The number of nitrogens with one attached hydrogen (secondary N) is 3. The monoisotopic (exact) mass is 502 g/mol. The molecular formula is C28H46N4O4. The molecule has 3 saturated carbocycles. The quantitative estimate of drug-likeness (QED) is 0.420. The van der Waals surface area contributed by atoms with E-state index in [1.165, 1.54) is 6.42 Å². The number of likely N-dealkylation sites (N-methyl/N-ethyl adjacent to an activating group) is 1. The highest BCUT2D eigenvalue weighted by Crippen LogP contribution is 2.88. The fourth-order valence-electron chi connectivity index (χ4n) is 7.62. The minimum atomic E-state index is -0.873. The van der Waals surface area contributed by atoms with Crippen molar-refractivity contribution in [1.29, 1.82) is 0 Å². The molecule has 0 radical (unpaired) electrons. The first-order valence-electron chi connectivity index (χ1n) is 13.9. The van der Waals surface area contributed by atoms with Crippen molar-refractivity contribution < 1.29 is 19.2 Å². The molecule has 2 spiro atoms. The molecule has 1 heterocycles. The third-order valence-electron chi connectivity index (χ3n) is 10.1. The van der Waals surface area contributed by atoms with Crippen LogP contribution in [-0.4, -0.2) is 66.2 Å². The lowest BCUT2D eigenvalue weighted by Crippen LogP contribution is -2.57. The Kier molecular flexibility index (Phi) is 6.85. The maximum absolute atomic E-state index is 13.9. The Balaban J connectivity index is 1.58. The average molecular weight is 503 g/mol. The molecule has 1 aliphatic heterocycles. The van der Waals surface area contributed by atoms with Gasteiger partial charge in [-0.05, 0) is 61.8 Å². The van der Waals surface area contributed by atoms with Crippen molar-refractivity contribution in [2.24, 2.45) is 21.7 Å². The van der Waals surface area contributed by atoms with E-state index < -0.39 is 29.8 Å². The first-order chi connectivity index (χ1) is 16.8. The molecule has 8 heteroatoms. The molecule has 202 valence electrons. The van der Waals surface area contributed by atoms with Crippen LogP contribution in [0.25, 0.3) is 0 Å². The van der Waals surface area contributed by atoms with Crippen molar-refractivity contribution in [3.63, 3.8) is 0 Å². The summed E-state index contributed by atoms with van der Waals surface area (Å²) < 4.78 is 0. The van der Waals surface area contributed by atoms with E-state index in [1.54, 1.807) is 11.9 Å². The first kappa shape index (κ1) is 27.1. The van der Waals surface area contributed by atoms with Gasteiger partial charge in [-0.25, -0.2) is 0 Å². The third kappa shape index (κ3) is 4.07. The zero-order chi connectivity index (χ0) is 26.7. The van der Waals surface area contributed by atoms with Gasteiger partial charge in [0.1, 0.15) is 6.04 Å². The number of carbonyl (C=O) groups is 4. The number of fused-ring (bicyclic) bond motifs is 1. The summed E-state index contributed by atoms with van der Waals surface area (Å²) in [5, 5.41) is 8.84. The summed E-state index contributed by atoms with van der Waals surface area (Å²) in [6, 6.07) is -1.87. The van der Waals surface area contributed by atoms with E-state index >= 15 is 0 Å². The molecule has 1 saturated heterocycles. The largest absolute Gasteiger partial charge is 0.347 e. The summed E-state index contributed by atoms with van der Waals surface area (Å²) in [5.41, 5.74) is -0.157. The van der Waals surface area contributed by atoms with E-state index in [0.29, 0.717) is 25.8 Å². The Bertz CT molecular complexity index is 930. The van der Waals surface area contributed by atoms with Crippen molar-refractivity contribution in [2.45, 2.75) is 117 Å². The fraction of sp³-hybridized carbons (Fsp3) is 0.857. The Morgan fingerprint density at radius 2 is 1.69 bits per heavy atom. The van der Waals surface area contributed by atoms with Crippen molar-refractivity contribution in [3.8, 4) is 0 Å². The van der Waals surface area contributed by atoms with Gasteiger partial charge >= 0.3 is 0 Å². The number of carbonyl (C=O) groups excluding carboxylic acids is 4. The highest BCUT2D eigenvalue weighted by molar-refractivity contribution is 6.38. The summed E-state index contributed by atoms with van der Waals surface area (Å²) >= 11 is 0.